The summed E-state index contributed by atoms with van der Waals surface area (Å²) in [6.07, 6.45) is 5.01. The molecule has 1 aliphatic heterocycles. The maximum Gasteiger partial charge on any atom is 0.225 e. The fourth-order valence-corrected chi connectivity index (χ4v) is 4.28. The molecule has 0 bridgehead atoms. The molecular weight excluding hydrogens is 456 g/mol. The molecule has 0 radical (unpaired) electrons. The molecule has 0 unspecified atom stereocenters. The summed E-state index contributed by atoms with van der Waals surface area (Å²) < 4.78 is 5.02. The Morgan fingerprint density at radius 2 is 2.14 bits per heavy atom. The number of aryl methyl sites for hydroxylation is 1. The molecule has 29 heavy (non-hydrogen) atoms. The van der Waals surface area contributed by atoms with Gasteiger partial charge < -0.3 is 9.47 Å². The molecule has 1 aliphatic carbocycles. The SMILES string of the molecule is Cc1ncn2c1Cn1nc(CN(C)C(=O)C3CCC3)nc1-c1cc(Br)ccc1-2.Cl. The number of hydrogen-bond acceptors (Lipinski definition) is 4. The number of hydrogen-bond donors (Lipinski definition) is 0. The number of fused-ring (bicyclic) bond motifs is 5. The highest BCUT2D eigenvalue weighted by molar-refractivity contribution is 9.10. The first kappa shape index (κ1) is 20.1. The van der Waals surface area contributed by atoms with E-state index in [9.17, 15) is 4.79 Å². The van der Waals surface area contributed by atoms with Crippen molar-refractivity contribution in [3.63, 3.8) is 0 Å². The molecule has 0 N–H and O–H groups in total. The molecule has 3 aromatic rings. The van der Waals surface area contributed by atoms with Gasteiger partial charge in [-0.15, -0.1) is 12.4 Å². The lowest BCUT2D eigenvalue weighted by molar-refractivity contribution is -0.137. The third-order valence-corrected chi connectivity index (χ3v) is 6.25. The monoisotopic (exact) mass is 476 g/mol. The Hall–Kier alpha value is -2.19. The molecule has 7 nitrogen and oxygen atoms in total. The van der Waals surface area contributed by atoms with Gasteiger partial charge in [-0.05, 0) is 38.0 Å². The predicted molar refractivity (Wildman–Crippen MR) is 115 cm³/mol. The van der Waals surface area contributed by atoms with E-state index in [1.807, 2.05) is 31.0 Å². The topological polar surface area (TPSA) is 68.8 Å². The molecule has 5 rings (SSSR count). The van der Waals surface area contributed by atoms with E-state index < -0.39 is 0 Å². The van der Waals surface area contributed by atoms with Crippen molar-refractivity contribution in [1.82, 2.24) is 29.2 Å². The summed E-state index contributed by atoms with van der Waals surface area (Å²) in [5, 5.41) is 4.74. The van der Waals surface area contributed by atoms with Gasteiger partial charge in [-0.3, -0.25) is 4.79 Å². The number of nitrogens with zero attached hydrogens (tertiary/aromatic N) is 6. The van der Waals surface area contributed by atoms with Crippen molar-refractivity contribution in [2.45, 2.75) is 39.3 Å². The summed E-state index contributed by atoms with van der Waals surface area (Å²) in [6.45, 7) is 3.04. The molecule has 1 amide bonds. The Kier molecular flexibility index (Phi) is 5.25. The van der Waals surface area contributed by atoms with Crippen LogP contribution in [-0.4, -0.2) is 42.2 Å². The highest BCUT2D eigenvalue weighted by Gasteiger charge is 2.29. The minimum Gasteiger partial charge on any atom is -0.338 e. The molecular formula is C20H22BrClN6O. The minimum atomic E-state index is 0. The third-order valence-electron chi connectivity index (χ3n) is 5.76. The lowest BCUT2D eigenvalue weighted by atomic mass is 9.84. The second kappa shape index (κ2) is 7.57. The molecule has 0 saturated heterocycles. The Labute approximate surface area is 183 Å². The standard InChI is InChI=1S/C20H21BrN6O.ClH/c1-12-17-9-27-19(15-8-14(21)6-7-16(15)26(17)11-22-12)23-18(24-27)10-25(2)20(28)13-4-3-5-13;/h6-8,11,13H,3-5,9-10H2,1-2H3;1H. The molecule has 0 spiro atoms. The van der Waals surface area contributed by atoms with Gasteiger partial charge in [0.15, 0.2) is 11.6 Å². The second-order valence-corrected chi connectivity index (χ2v) is 8.56. The highest BCUT2D eigenvalue weighted by atomic mass is 79.9. The Balaban J connectivity index is 0.00000205. The van der Waals surface area contributed by atoms with E-state index in [-0.39, 0.29) is 24.2 Å². The van der Waals surface area contributed by atoms with Crippen LogP contribution in [-0.2, 0) is 17.9 Å². The van der Waals surface area contributed by atoms with Gasteiger partial charge in [-0.25, -0.2) is 14.6 Å². The number of rotatable bonds is 3. The molecule has 2 aromatic heterocycles. The van der Waals surface area contributed by atoms with Gasteiger partial charge in [-0.1, -0.05) is 22.4 Å². The van der Waals surface area contributed by atoms with Crippen molar-refractivity contribution in [2.75, 3.05) is 7.05 Å². The van der Waals surface area contributed by atoms with Crippen molar-refractivity contribution < 1.29 is 4.79 Å². The number of amides is 1. The van der Waals surface area contributed by atoms with Crippen molar-refractivity contribution in [1.29, 1.82) is 0 Å². The van der Waals surface area contributed by atoms with Crippen LogP contribution in [0.15, 0.2) is 29.0 Å². The van der Waals surface area contributed by atoms with Gasteiger partial charge in [0.2, 0.25) is 5.91 Å². The first-order valence-electron chi connectivity index (χ1n) is 9.53. The average molecular weight is 478 g/mol. The van der Waals surface area contributed by atoms with Gasteiger partial charge in [0.05, 0.1) is 36.5 Å². The number of imidazole rings is 1. The Bertz CT molecular complexity index is 1090. The zero-order valence-corrected chi connectivity index (χ0v) is 18.7. The zero-order chi connectivity index (χ0) is 19.4. The van der Waals surface area contributed by atoms with Crippen LogP contribution in [0.3, 0.4) is 0 Å². The summed E-state index contributed by atoms with van der Waals surface area (Å²) >= 11 is 3.57. The van der Waals surface area contributed by atoms with E-state index in [2.05, 4.69) is 37.6 Å². The fourth-order valence-electron chi connectivity index (χ4n) is 3.92. The van der Waals surface area contributed by atoms with Crippen LogP contribution in [0.25, 0.3) is 17.1 Å². The van der Waals surface area contributed by atoms with E-state index in [0.29, 0.717) is 18.9 Å². The van der Waals surface area contributed by atoms with Gasteiger partial charge in [0.1, 0.15) is 0 Å². The lowest BCUT2D eigenvalue weighted by Gasteiger charge is -2.28. The number of aromatic nitrogens is 5. The van der Waals surface area contributed by atoms with Gasteiger partial charge in [-0.2, -0.15) is 5.10 Å². The van der Waals surface area contributed by atoms with E-state index >= 15 is 0 Å². The van der Waals surface area contributed by atoms with Crippen LogP contribution in [0.1, 0.15) is 36.5 Å². The smallest absolute Gasteiger partial charge is 0.225 e. The summed E-state index contributed by atoms with van der Waals surface area (Å²) in [7, 11) is 1.84. The first-order chi connectivity index (χ1) is 13.5. The summed E-state index contributed by atoms with van der Waals surface area (Å²) in [6, 6.07) is 6.16. The van der Waals surface area contributed by atoms with Crippen LogP contribution in [0.2, 0.25) is 0 Å². The van der Waals surface area contributed by atoms with Crippen molar-refractivity contribution in [3.05, 3.63) is 46.2 Å². The van der Waals surface area contributed by atoms with E-state index in [0.717, 1.165) is 52.2 Å². The van der Waals surface area contributed by atoms with Crippen LogP contribution < -0.4 is 0 Å². The maximum absolute atomic E-state index is 12.5. The van der Waals surface area contributed by atoms with E-state index in [1.165, 1.54) is 0 Å². The van der Waals surface area contributed by atoms with Crippen molar-refractivity contribution in [3.8, 4) is 17.1 Å². The molecule has 152 valence electrons. The van der Waals surface area contributed by atoms with Crippen LogP contribution in [0, 0.1) is 12.8 Å². The van der Waals surface area contributed by atoms with Crippen LogP contribution in [0.5, 0.6) is 0 Å². The van der Waals surface area contributed by atoms with E-state index in [1.54, 1.807) is 4.90 Å². The second-order valence-electron chi connectivity index (χ2n) is 7.64. The lowest BCUT2D eigenvalue weighted by Crippen LogP contribution is -2.36. The first-order valence-corrected chi connectivity index (χ1v) is 10.3. The van der Waals surface area contributed by atoms with Gasteiger partial charge >= 0.3 is 0 Å². The summed E-state index contributed by atoms with van der Waals surface area (Å²) in [5.41, 5.74) is 4.11. The predicted octanol–water partition coefficient (Wildman–Crippen LogP) is 3.74. The van der Waals surface area contributed by atoms with Gasteiger partial charge in [0.25, 0.3) is 0 Å². The number of carbonyl (C=O) groups is 1. The summed E-state index contributed by atoms with van der Waals surface area (Å²) in [5.74, 6) is 1.87. The Morgan fingerprint density at radius 1 is 1.34 bits per heavy atom. The van der Waals surface area contributed by atoms with Gasteiger partial charge in [0, 0.05) is 23.0 Å². The van der Waals surface area contributed by atoms with Crippen molar-refractivity contribution >= 4 is 34.2 Å². The molecule has 1 saturated carbocycles. The third kappa shape index (κ3) is 3.38. The number of halogens is 2. The highest BCUT2D eigenvalue weighted by Crippen LogP contribution is 2.34. The normalized spacial score (nSPS) is 14.7. The molecule has 1 aromatic carbocycles. The molecule has 3 heterocycles. The van der Waals surface area contributed by atoms with E-state index in [4.69, 9.17) is 10.1 Å². The molecule has 2 aliphatic rings. The summed E-state index contributed by atoms with van der Waals surface area (Å²) in [4.78, 5) is 23.5. The molecule has 0 atom stereocenters. The largest absolute Gasteiger partial charge is 0.338 e. The van der Waals surface area contributed by atoms with Crippen LogP contribution >= 0.6 is 28.3 Å². The Morgan fingerprint density at radius 3 is 2.86 bits per heavy atom. The quantitative estimate of drug-likeness (QED) is 0.451. The zero-order valence-electron chi connectivity index (χ0n) is 16.3. The fraction of sp³-hybridized carbons (Fsp3) is 0.400. The minimum absolute atomic E-state index is 0. The average Bonchev–Trinajstić information content (AvgIpc) is 3.15. The van der Waals surface area contributed by atoms with Crippen molar-refractivity contribution in [2.24, 2.45) is 5.92 Å². The number of benzene rings is 1. The molecule has 1 fully saturated rings. The van der Waals surface area contributed by atoms with Crippen LogP contribution in [0.4, 0.5) is 0 Å². The molecule has 9 heteroatoms. The maximum atomic E-state index is 12.5. The number of carbonyl (C=O) groups excluding carboxylic acids is 1.